The first-order valence-corrected chi connectivity index (χ1v) is 12.0. The van der Waals surface area contributed by atoms with E-state index in [0.717, 1.165) is 5.56 Å². The van der Waals surface area contributed by atoms with Crippen LogP contribution in [0.2, 0.25) is 5.02 Å². The predicted octanol–water partition coefficient (Wildman–Crippen LogP) is 2.09. The minimum absolute atomic E-state index is 0.00981. The summed E-state index contributed by atoms with van der Waals surface area (Å²) in [4.78, 5) is 16.7. The third kappa shape index (κ3) is 3.71. The molecule has 2 aromatic carbocycles. The molecule has 2 fully saturated rings. The van der Waals surface area contributed by atoms with Crippen LogP contribution < -0.4 is 19.1 Å². The molecule has 1 amide bonds. The Balaban J connectivity index is 1.45. The molecule has 0 aliphatic carbocycles. The lowest BCUT2D eigenvalue weighted by Gasteiger charge is -2.43. The van der Waals surface area contributed by atoms with Crippen LogP contribution in [0.25, 0.3) is 0 Å². The van der Waals surface area contributed by atoms with Gasteiger partial charge in [-0.2, -0.15) is 0 Å². The van der Waals surface area contributed by atoms with E-state index in [1.54, 1.807) is 23.1 Å². The van der Waals surface area contributed by atoms with Gasteiger partial charge in [-0.05, 0) is 35.9 Å². The Hall–Kier alpha value is -2.49. The minimum Gasteiger partial charge on any atom is -0.495 e. The second-order valence-corrected chi connectivity index (χ2v) is 10.4. The van der Waals surface area contributed by atoms with E-state index in [4.69, 9.17) is 25.8 Å². The van der Waals surface area contributed by atoms with Gasteiger partial charge in [0.1, 0.15) is 5.75 Å². The van der Waals surface area contributed by atoms with E-state index in [-0.39, 0.29) is 36.8 Å². The lowest BCUT2D eigenvalue weighted by Crippen LogP contribution is -2.61. The molecule has 3 aliphatic rings. The van der Waals surface area contributed by atoms with Crippen molar-refractivity contribution in [2.75, 3.05) is 36.9 Å². The molecule has 0 unspecified atom stereocenters. The van der Waals surface area contributed by atoms with Gasteiger partial charge in [-0.15, -0.1) is 0 Å². The molecule has 5 rings (SSSR count). The number of hydrogen-bond donors (Lipinski definition) is 0. The fourth-order valence-electron chi connectivity index (χ4n) is 4.55. The first-order chi connectivity index (χ1) is 14.8. The molecule has 0 saturated carbocycles. The number of sulfone groups is 1. The smallest absolute Gasteiger partial charge is 0.241 e. The third-order valence-electron chi connectivity index (χ3n) is 5.94. The average molecular weight is 465 g/mol. The summed E-state index contributed by atoms with van der Waals surface area (Å²) in [5.74, 6) is 1.60. The number of carbonyl (C=O) groups excluding carboxylic acids is 1. The van der Waals surface area contributed by atoms with E-state index in [0.29, 0.717) is 34.5 Å². The topological polar surface area (TPSA) is 85.4 Å². The van der Waals surface area contributed by atoms with Crippen LogP contribution in [-0.2, 0) is 21.2 Å². The number of benzene rings is 2. The molecule has 0 bridgehead atoms. The quantitative estimate of drug-likeness (QED) is 0.684. The molecule has 2 atom stereocenters. The van der Waals surface area contributed by atoms with Gasteiger partial charge in [0.2, 0.25) is 12.7 Å². The number of hydrogen-bond acceptors (Lipinski definition) is 7. The van der Waals surface area contributed by atoms with Gasteiger partial charge in [0, 0.05) is 18.3 Å². The molecule has 31 heavy (non-hydrogen) atoms. The van der Waals surface area contributed by atoms with Crippen LogP contribution in [0.3, 0.4) is 0 Å². The zero-order valence-electron chi connectivity index (χ0n) is 16.8. The highest BCUT2D eigenvalue weighted by molar-refractivity contribution is 7.91. The van der Waals surface area contributed by atoms with Crippen LogP contribution in [0.4, 0.5) is 5.69 Å². The van der Waals surface area contributed by atoms with Crippen molar-refractivity contribution in [3.8, 4) is 17.2 Å². The Morgan fingerprint density at radius 1 is 1.10 bits per heavy atom. The normalized spacial score (nSPS) is 24.3. The van der Waals surface area contributed by atoms with Crippen molar-refractivity contribution in [2.24, 2.45) is 0 Å². The molecule has 10 heteroatoms. The van der Waals surface area contributed by atoms with E-state index in [2.05, 4.69) is 0 Å². The van der Waals surface area contributed by atoms with Crippen molar-refractivity contribution in [1.29, 1.82) is 0 Å². The highest BCUT2D eigenvalue weighted by atomic mass is 35.5. The van der Waals surface area contributed by atoms with Gasteiger partial charge in [0.05, 0.1) is 36.2 Å². The molecule has 164 valence electrons. The van der Waals surface area contributed by atoms with Crippen molar-refractivity contribution in [2.45, 2.75) is 18.6 Å². The van der Waals surface area contributed by atoms with Gasteiger partial charge in [0.15, 0.2) is 21.3 Å². The molecular weight excluding hydrogens is 444 g/mol. The summed E-state index contributed by atoms with van der Waals surface area (Å²) in [5, 5.41) is 0.369. The second kappa shape index (κ2) is 7.58. The number of piperazine rings is 1. The van der Waals surface area contributed by atoms with E-state index in [1.807, 2.05) is 23.1 Å². The highest BCUT2D eigenvalue weighted by Crippen LogP contribution is 2.37. The van der Waals surface area contributed by atoms with Crippen molar-refractivity contribution >= 4 is 33.0 Å². The van der Waals surface area contributed by atoms with Gasteiger partial charge in [-0.3, -0.25) is 9.69 Å². The summed E-state index contributed by atoms with van der Waals surface area (Å²) in [6.45, 7) is 0.731. The van der Waals surface area contributed by atoms with Gasteiger partial charge in [-0.25, -0.2) is 8.42 Å². The van der Waals surface area contributed by atoms with E-state index in [9.17, 15) is 13.2 Å². The molecule has 0 spiro atoms. The molecule has 0 N–H and O–H groups in total. The first-order valence-electron chi connectivity index (χ1n) is 9.83. The maximum Gasteiger partial charge on any atom is 0.241 e. The lowest BCUT2D eigenvalue weighted by molar-refractivity contribution is -0.123. The summed E-state index contributed by atoms with van der Waals surface area (Å²) < 4.78 is 41.1. The van der Waals surface area contributed by atoms with Crippen molar-refractivity contribution in [1.82, 2.24) is 4.90 Å². The molecule has 0 radical (unpaired) electrons. The first kappa shape index (κ1) is 20.4. The lowest BCUT2D eigenvalue weighted by atomic mass is 10.0. The number of anilines is 1. The largest absolute Gasteiger partial charge is 0.495 e. The second-order valence-electron chi connectivity index (χ2n) is 7.89. The fraction of sp³-hybridized carbons (Fsp3) is 0.381. The number of carbonyl (C=O) groups is 1. The number of methoxy groups -OCH3 is 1. The van der Waals surface area contributed by atoms with Crippen LogP contribution in [0.15, 0.2) is 36.4 Å². The van der Waals surface area contributed by atoms with Crippen molar-refractivity contribution in [3.63, 3.8) is 0 Å². The molecule has 2 saturated heterocycles. The number of amides is 1. The van der Waals surface area contributed by atoms with Gasteiger partial charge < -0.3 is 19.1 Å². The van der Waals surface area contributed by atoms with E-state index >= 15 is 0 Å². The summed E-state index contributed by atoms with van der Waals surface area (Å²) in [6.07, 6.45) is 0. The number of rotatable bonds is 4. The van der Waals surface area contributed by atoms with E-state index < -0.39 is 15.9 Å². The highest BCUT2D eigenvalue weighted by Gasteiger charge is 2.49. The Labute approximate surface area is 185 Å². The van der Waals surface area contributed by atoms with Crippen LogP contribution in [0.1, 0.15) is 5.56 Å². The zero-order chi connectivity index (χ0) is 21.8. The van der Waals surface area contributed by atoms with Crippen molar-refractivity contribution in [3.05, 3.63) is 47.0 Å². The summed E-state index contributed by atoms with van der Waals surface area (Å²) >= 11 is 6.26. The number of nitrogens with zero attached hydrogens (tertiary/aromatic N) is 2. The summed E-state index contributed by atoms with van der Waals surface area (Å²) in [6, 6.07) is 9.89. The molecular formula is C21H21ClN2O6S. The molecule has 0 aromatic heterocycles. The standard InChI is InChI=1S/C21H21ClN2O6S/c1-28-18-5-3-14(7-15(18)22)24-17-11-31(26,27)10-16(17)23(9-21(24)25)8-13-2-4-19-20(6-13)30-12-29-19/h2-7,16-17H,8-12H2,1H3/t16-,17+/m1/s1. The van der Waals surface area contributed by atoms with Crippen LogP contribution >= 0.6 is 11.6 Å². The molecule has 2 aromatic rings. The van der Waals surface area contributed by atoms with Gasteiger partial charge in [0.25, 0.3) is 0 Å². The van der Waals surface area contributed by atoms with Crippen molar-refractivity contribution < 1.29 is 27.4 Å². The number of ether oxygens (including phenoxy) is 3. The number of halogens is 1. The van der Waals surface area contributed by atoms with Crippen LogP contribution in [0.5, 0.6) is 17.2 Å². The summed E-state index contributed by atoms with van der Waals surface area (Å²) in [7, 11) is -1.77. The molecule has 3 aliphatic heterocycles. The zero-order valence-corrected chi connectivity index (χ0v) is 18.4. The van der Waals surface area contributed by atoms with E-state index in [1.165, 1.54) is 7.11 Å². The van der Waals surface area contributed by atoms with Crippen LogP contribution in [-0.4, -0.2) is 63.3 Å². The fourth-order valence-corrected chi connectivity index (χ4v) is 6.78. The predicted molar refractivity (Wildman–Crippen MR) is 115 cm³/mol. The third-order valence-corrected chi connectivity index (χ3v) is 7.93. The Kier molecular flexibility index (Phi) is 4.99. The molecule has 8 nitrogen and oxygen atoms in total. The maximum absolute atomic E-state index is 13.2. The van der Waals surface area contributed by atoms with Gasteiger partial charge in [-0.1, -0.05) is 17.7 Å². The molecule has 3 heterocycles. The minimum atomic E-state index is -3.29. The Morgan fingerprint density at radius 2 is 1.87 bits per heavy atom. The Morgan fingerprint density at radius 3 is 2.65 bits per heavy atom. The SMILES string of the molecule is COc1ccc(N2C(=O)CN(Cc3ccc4c(c3)OCO4)[C@@H]3CS(=O)(=O)C[C@@H]32)cc1Cl. The Bertz CT molecular complexity index is 1150. The monoisotopic (exact) mass is 464 g/mol. The van der Waals surface area contributed by atoms with Gasteiger partial charge >= 0.3 is 0 Å². The average Bonchev–Trinajstić information content (AvgIpc) is 3.31. The van der Waals surface area contributed by atoms with Crippen LogP contribution in [0, 0.1) is 0 Å². The maximum atomic E-state index is 13.2. The summed E-state index contributed by atoms with van der Waals surface area (Å²) in [5.41, 5.74) is 1.51. The number of fused-ring (bicyclic) bond motifs is 2.